The Hall–Kier alpha value is -2.75. The highest BCUT2D eigenvalue weighted by Gasteiger charge is 2.07. The first-order valence-corrected chi connectivity index (χ1v) is 7.38. The van der Waals surface area contributed by atoms with Gasteiger partial charge in [0.05, 0.1) is 0 Å². The van der Waals surface area contributed by atoms with Crippen molar-refractivity contribution in [3.8, 4) is 0 Å². The van der Waals surface area contributed by atoms with Gasteiger partial charge in [0.2, 0.25) is 0 Å². The van der Waals surface area contributed by atoms with E-state index in [1.165, 1.54) is 6.08 Å². The summed E-state index contributed by atoms with van der Waals surface area (Å²) < 4.78 is 0. The highest BCUT2D eigenvalue weighted by Crippen LogP contribution is 2.18. The van der Waals surface area contributed by atoms with E-state index >= 15 is 0 Å². The minimum atomic E-state index is -0.218. The van der Waals surface area contributed by atoms with E-state index in [0.29, 0.717) is 11.1 Å². The number of aliphatic hydroxyl groups is 1. The monoisotopic (exact) mass is 310 g/mol. The van der Waals surface area contributed by atoms with Crippen molar-refractivity contribution < 1.29 is 9.90 Å². The van der Waals surface area contributed by atoms with Crippen molar-refractivity contribution in [1.29, 1.82) is 0 Å². The lowest BCUT2D eigenvalue weighted by Crippen LogP contribution is -2.08. The number of anilines is 2. The van der Waals surface area contributed by atoms with Gasteiger partial charge in [0, 0.05) is 56.8 Å². The SMILES string of the molecule is CN(C)c1ccc(C(=O)/C=C(\O)c2ccc(N(C)C)cc2)cc1. The van der Waals surface area contributed by atoms with Gasteiger partial charge < -0.3 is 14.9 Å². The van der Waals surface area contributed by atoms with Crippen LogP contribution in [0.5, 0.6) is 0 Å². The van der Waals surface area contributed by atoms with Crippen LogP contribution in [0, 0.1) is 0 Å². The predicted molar refractivity (Wildman–Crippen MR) is 96.5 cm³/mol. The molecule has 2 aromatic rings. The first-order chi connectivity index (χ1) is 10.9. The number of carbonyl (C=O) groups is 1. The molecule has 0 heterocycles. The zero-order valence-corrected chi connectivity index (χ0v) is 13.9. The van der Waals surface area contributed by atoms with Crippen molar-refractivity contribution in [3.05, 3.63) is 65.7 Å². The van der Waals surface area contributed by atoms with E-state index in [0.717, 1.165) is 11.4 Å². The minimum absolute atomic E-state index is 0.0306. The molecule has 0 spiro atoms. The van der Waals surface area contributed by atoms with Gasteiger partial charge in [-0.1, -0.05) is 0 Å². The molecule has 4 nitrogen and oxygen atoms in total. The second kappa shape index (κ2) is 7.01. The molecule has 0 atom stereocenters. The molecule has 4 heteroatoms. The third kappa shape index (κ3) is 4.13. The molecule has 0 saturated heterocycles. The molecule has 0 fully saturated rings. The Morgan fingerprint density at radius 1 is 0.783 bits per heavy atom. The maximum Gasteiger partial charge on any atom is 0.189 e. The van der Waals surface area contributed by atoms with E-state index in [1.54, 1.807) is 24.3 Å². The number of ketones is 1. The summed E-state index contributed by atoms with van der Waals surface area (Å²) in [6.45, 7) is 0. The number of hydrogen-bond donors (Lipinski definition) is 1. The van der Waals surface area contributed by atoms with Gasteiger partial charge in [-0.25, -0.2) is 0 Å². The van der Waals surface area contributed by atoms with E-state index < -0.39 is 0 Å². The first-order valence-electron chi connectivity index (χ1n) is 7.38. The molecule has 1 N–H and O–H groups in total. The van der Waals surface area contributed by atoms with Crippen LogP contribution in [0.3, 0.4) is 0 Å². The van der Waals surface area contributed by atoms with Gasteiger partial charge in [-0.05, 0) is 48.5 Å². The molecule has 120 valence electrons. The third-order valence-electron chi connectivity index (χ3n) is 3.62. The summed E-state index contributed by atoms with van der Waals surface area (Å²) in [6.07, 6.45) is 1.26. The zero-order chi connectivity index (χ0) is 17.0. The summed E-state index contributed by atoms with van der Waals surface area (Å²) in [5, 5.41) is 10.1. The Morgan fingerprint density at radius 2 is 1.17 bits per heavy atom. The summed E-state index contributed by atoms with van der Waals surface area (Å²) in [4.78, 5) is 16.2. The summed E-state index contributed by atoms with van der Waals surface area (Å²) in [5.41, 5.74) is 3.22. The fourth-order valence-corrected chi connectivity index (χ4v) is 2.15. The smallest absolute Gasteiger partial charge is 0.189 e. The van der Waals surface area contributed by atoms with Gasteiger partial charge >= 0.3 is 0 Å². The van der Waals surface area contributed by atoms with Gasteiger partial charge in [0.15, 0.2) is 5.78 Å². The molecule has 0 aliphatic rings. The number of rotatable bonds is 5. The lowest BCUT2D eigenvalue weighted by atomic mass is 10.1. The standard InChI is InChI=1S/C19H22N2O2/c1-20(2)16-9-5-14(6-10-16)18(22)13-19(23)15-7-11-17(12-8-15)21(3)4/h5-13,22H,1-4H3/b18-13-. The average molecular weight is 310 g/mol. The molecular weight excluding hydrogens is 288 g/mol. The topological polar surface area (TPSA) is 43.8 Å². The van der Waals surface area contributed by atoms with E-state index in [2.05, 4.69) is 0 Å². The Bertz CT molecular complexity index is 699. The molecule has 0 saturated carbocycles. The van der Waals surface area contributed by atoms with Crippen LogP contribution in [0.1, 0.15) is 15.9 Å². The van der Waals surface area contributed by atoms with Gasteiger partial charge in [-0.2, -0.15) is 0 Å². The zero-order valence-electron chi connectivity index (χ0n) is 13.9. The van der Waals surface area contributed by atoms with E-state index in [1.807, 2.05) is 62.3 Å². The number of nitrogens with zero attached hydrogens (tertiary/aromatic N) is 2. The van der Waals surface area contributed by atoms with Crippen molar-refractivity contribution in [2.24, 2.45) is 0 Å². The summed E-state index contributed by atoms with van der Waals surface area (Å²) in [6, 6.07) is 14.7. The molecule has 0 aliphatic carbocycles. The molecule has 0 aromatic heterocycles. The molecule has 0 amide bonds. The first kappa shape index (κ1) is 16.6. The lowest BCUT2D eigenvalue weighted by Gasteiger charge is -2.12. The maximum absolute atomic E-state index is 12.2. The van der Waals surface area contributed by atoms with Crippen molar-refractivity contribution in [2.45, 2.75) is 0 Å². The minimum Gasteiger partial charge on any atom is -0.507 e. The molecule has 23 heavy (non-hydrogen) atoms. The van der Waals surface area contributed by atoms with Crippen molar-refractivity contribution in [2.75, 3.05) is 38.0 Å². The van der Waals surface area contributed by atoms with Crippen LogP contribution in [-0.2, 0) is 0 Å². The molecule has 0 unspecified atom stereocenters. The molecule has 2 rings (SSSR count). The summed E-state index contributed by atoms with van der Waals surface area (Å²) in [5.74, 6) is -0.249. The second-order valence-corrected chi connectivity index (χ2v) is 5.78. The average Bonchev–Trinajstić information content (AvgIpc) is 2.54. The molecule has 0 bridgehead atoms. The molecule has 2 aromatic carbocycles. The van der Waals surface area contributed by atoms with Crippen LogP contribution in [0.25, 0.3) is 5.76 Å². The number of carbonyl (C=O) groups excluding carboxylic acids is 1. The number of allylic oxidation sites excluding steroid dienone is 1. The van der Waals surface area contributed by atoms with Gasteiger partial charge in [0.1, 0.15) is 5.76 Å². The molecule has 0 radical (unpaired) electrons. The summed E-state index contributed by atoms with van der Waals surface area (Å²) >= 11 is 0. The van der Waals surface area contributed by atoms with Crippen LogP contribution in [-0.4, -0.2) is 39.1 Å². The Labute approximate surface area is 137 Å². The molecule has 0 aliphatic heterocycles. The fourth-order valence-electron chi connectivity index (χ4n) is 2.15. The largest absolute Gasteiger partial charge is 0.507 e. The fraction of sp³-hybridized carbons (Fsp3) is 0.211. The van der Waals surface area contributed by atoms with Gasteiger partial charge in [-0.3, -0.25) is 4.79 Å². The van der Waals surface area contributed by atoms with Crippen LogP contribution < -0.4 is 9.80 Å². The summed E-state index contributed by atoms with van der Waals surface area (Å²) in [7, 11) is 7.79. The predicted octanol–water partition coefficient (Wildman–Crippen LogP) is 3.60. The van der Waals surface area contributed by atoms with Crippen LogP contribution in [0.2, 0.25) is 0 Å². The highest BCUT2D eigenvalue weighted by atomic mass is 16.3. The van der Waals surface area contributed by atoms with Crippen molar-refractivity contribution >= 4 is 22.9 Å². The van der Waals surface area contributed by atoms with Crippen LogP contribution >= 0.6 is 0 Å². The number of benzene rings is 2. The Kier molecular flexibility index (Phi) is 5.06. The Morgan fingerprint density at radius 3 is 1.57 bits per heavy atom. The van der Waals surface area contributed by atoms with E-state index in [9.17, 15) is 9.90 Å². The lowest BCUT2D eigenvalue weighted by molar-refractivity contribution is 0.104. The quantitative estimate of drug-likeness (QED) is 0.520. The van der Waals surface area contributed by atoms with Crippen LogP contribution in [0.15, 0.2) is 54.6 Å². The number of hydrogen-bond acceptors (Lipinski definition) is 4. The van der Waals surface area contributed by atoms with Crippen LogP contribution in [0.4, 0.5) is 11.4 Å². The normalized spacial score (nSPS) is 11.2. The van der Waals surface area contributed by atoms with Gasteiger partial charge in [0.25, 0.3) is 0 Å². The maximum atomic E-state index is 12.2. The Balaban J connectivity index is 2.17. The number of aliphatic hydroxyl groups excluding tert-OH is 1. The van der Waals surface area contributed by atoms with Crippen molar-refractivity contribution in [3.63, 3.8) is 0 Å². The third-order valence-corrected chi connectivity index (χ3v) is 3.62. The van der Waals surface area contributed by atoms with E-state index in [-0.39, 0.29) is 11.5 Å². The van der Waals surface area contributed by atoms with Crippen molar-refractivity contribution in [1.82, 2.24) is 0 Å². The van der Waals surface area contributed by atoms with E-state index in [4.69, 9.17) is 0 Å². The van der Waals surface area contributed by atoms with Gasteiger partial charge in [-0.15, -0.1) is 0 Å². The second-order valence-electron chi connectivity index (χ2n) is 5.78. The molecular formula is C19H22N2O2. The highest BCUT2D eigenvalue weighted by molar-refractivity contribution is 6.07.